The number of anilines is 1. The van der Waals surface area contributed by atoms with E-state index in [-0.39, 0.29) is 33.2 Å². The number of nitrogens with one attached hydrogen (secondary N) is 2. The fraction of sp³-hybridized carbons (Fsp3) is 0.412. The number of carbonyl (C=O) groups excluding carboxylic acids is 3. The van der Waals surface area contributed by atoms with Gasteiger partial charge in [0.25, 0.3) is 11.8 Å². The summed E-state index contributed by atoms with van der Waals surface area (Å²) in [5.74, 6) is -2.73. The molecule has 3 heterocycles. The summed E-state index contributed by atoms with van der Waals surface area (Å²) in [5.41, 5.74) is -0.00214. The van der Waals surface area contributed by atoms with Gasteiger partial charge in [0, 0.05) is 19.8 Å². The van der Waals surface area contributed by atoms with Crippen molar-refractivity contribution in [3.05, 3.63) is 21.4 Å². The van der Waals surface area contributed by atoms with Crippen LogP contribution in [0.3, 0.4) is 0 Å². The van der Waals surface area contributed by atoms with Gasteiger partial charge in [-0.3, -0.25) is 19.3 Å². The molecule has 2 atom stereocenters. The summed E-state index contributed by atoms with van der Waals surface area (Å²) in [7, 11) is 2.65. The van der Waals surface area contributed by atoms with Gasteiger partial charge in [-0.25, -0.2) is 9.78 Å². The first kappa shape index (κ1) is 24.0. The number of ether oxygens (including phenoxy) is 1. The van der Waals surface area contributed by atoms with Gasteiger partial charge in [-0.05, 0) is 5.57 Å². The minimum absolute atomic E-state index is 0.0250. The van der Waals surface area contributed by atoms with E-state index in [9.17, 15) is 24.3 Å². The molecule has 3 rings (SSSR count). The number of carboxylic acids is 1. The number of amides is 3. The lowest BCUT2D eigenvalue weighted by molar-refractivity contribution is -0.150. The predicted octanol–water partition coefficient (Wildman–Crippen LogP) is 0.490. The topological polar surface area (TPSA) is 160 Å². The summed E-state index contributed by atoms with van der Waals surface area (Å²) in [6.45, 7) is 1.35. The number of carboxylic acid groups (broad SMARTS) is 1. The van der Waals surface area contributed by atoms with Gasteiger partial charge in [-0.2, -0.15) is 0 Å². The highest BCUT2D eigenvalue weighted by Crippen LogP contribution is 2.40. The number of hydrogen-bond acceptors (Lipinski definition) is 10. The fourth-order valence-electron chi connectivity index (χ4n) is 3.16. The second-order valence-electron chi connectivity index (χ2n) is 6.50. The molecule has 0 aromatic carbocycles. The molecule has 1 unspecified atom stereocenters. The summed E-state index contributed by atoms with van der Waals surface area (Å²) in [6.07, 6.45) is 0. The first-order valence-corrected chi connectivity index (χ1v) is 11.2. The van der Waals surface area contributed by atoms with Gasteiger partial charge in [0.1, 0.15) is 34.9 Å². The number of thiazole rings is 1. The Morgan fingerprint density at radius 3 is 2.69 bits per heavy atom. The van der Waals surface area contributed by atoms with E-state index in [4.69, 9.17) is 21.2 Å². The molecule has 3 amide bonds. The molecule has 1 aromatic heterocycles. The summed E-state index contributed by atoms with van der Waals surface area (Å²) >= 11 is 8.16. The van der Waals surface area contributed by atoms with Crippen LogP contribution in [0.15, 0.2) is 16.4 Å². The number of nitrogens with zero attached hydrogens (tertiary/aromatic N) is 3. The van der Waals surface area contributed by atoms with Gasteiger partial charge in [-0.15, -0.1) is 11.8 Å². The number of aromatic nitrogens is 1. The molecule has 0 radical (unpaired) electrons. The van der Waals surface area contributed by atoms with Crippen molar-refractivity contribution in [2.75, 3.05) is 31.9 Å². The largest absolute Gasteiger partial charge is 0.477 e. The van der Waals surface area contributed by atoms with Gasteiger partial charge >= 0.3 is 5.97 Å². The highest BCUT2D eigenvalue weighted by molar-refractivity contribution is 8.00. The second-order valence-corrected chi connectivity index (χ2v) is 9.19. The van der Waals surface area contributed by atoms with E-state index in [0.717, 1.165) is 16.2 Å². The highest BCUT2D eigenvalue weighted by atomic mass is 35.5. The number of halogens is 1. The molecule has 0 aliphatic carbocycles. The number of rotatable bonds is 8. The van der Waals surface area contributed by atoms with Gasteiger partial charge in [0.15, 0.2) is 10.2 Å². The van der Waals surface area contributed by atoms with E-state index in [1.54, 1.807) is 0 Å². The van der Waals surface area contributed by atoms with E-state index < -0.39 is 35.1 Å². The Labute approximate surface area is 195 Å². The fourth-order valence-corrected chi connectivity index (χ4v) is 5.54. The number of aliphatic carboxylic acids is 1. The van der Waals surface area contributed by atoms with Crippen LogP contribution in [0.5, 0.6) is 0 Å². The zero-order valence-electron chi connectivity index (χ0n) is 17.0. The lowest BCUT2D eigenvalue weighted by Gasteiger charge is -2.49. The van der Waals surface area contributed by atoms with Crippen molar-refractivity contribution in [2.24, 2.45) is 5.16 Å². The molecule has 1 aromatic rings. The van der Waals surface area contributed by atoms with E-state index in [0.29, 0.717) is 11.3 Å². The van der Waals surface area contributed by atoms with Gasteiger partial charge < -0.3 is 25.3 Å². The molecule has 1 fully saturated rings. The molecule has 0 bridgehead atoms. The van der Waals surface area contributed by atoms with Gasteiger partial charge in [0.2, 0.25) is 5.91 Å². The molecule has 2 aliphatic heterocycles. The van der Waals surface area contributed by atoms with Crippen molar-refractivity contribution in [3.8, 4) is 0 Å². The Hall–Kier alpha value is -2.68. The Balaban J connectivity index is 1.83. The summed E-state index contributed by atoms with van der Waals surface area (Å²) in [5, 5.41) is 17.9. The van der Waals surface area contributed by atoms with Gasteiger partial charge in [-0.1, -0.05) is 28.1 Å². The zero-order valence-corrected chi connectivity index (χ0v) is 19.4. The number of fused-ring (bicyclic) bond motifs is 1. The predicted molar refractivity (Wildman–Crippen MR) is 117 cm³/mol. The van der Waals surface area contributed by atoms with Crippen molar-refractivity contribution in [1.82, 2.24) is 15.2 Å². The number of carbonyl (C=O) groups is 4. The summed E-state index contributed by atoms with van der Waals surface area (Å²) in [6, 6.07) is -0.994. The van der Waals surface area contributed by atoms with Crippen LogP contribution in [-0.2, 0) is 28.8 Å². The minimum Gasteiger partial charge on any atom is -0.477 e. The minimum atomic E-state index is -1.25. The number of β-lactam (4-membered cyclic amide) rings is 1. The Morgan fingerprint density at radius 1 is 1.38 bits per heavy atom. The third-order valence-corrected chi connectivity index (χ3v) is 6.78. The smallest absolute Gasteiger partial charge is 0.352 e. The van der Waals surface area contributed by atoms with E-state index in [2.05, 4.69) is 20.8 Å². The molecule has 12 nitrogen and oxygen atoms in total. The van der Waals surface area contributed by atoms with Crippen LogP contribution in [0.4, 0.5) is 5.00 Å². The van der Waals surface area contributed by atoms with Crippen LogP contribution in [0.25, 0.3) is 0 Å². The first-order chi connectivity index (χ1) is 15.2. The van der Waals surface area contributed by atoms with Crippen LogP contribution in [-0.4, -0.2) is 82.4 Å². The average molecular weight is 504 g/mol. The van der Waals surface area contributed by atoms with Crippen molar-refractivity contribution in [3.63, 3.8) is 0 Å². The molecular weight excluding hydrogens is 486 g/mol. The van der Waals surface area contributed by atoms with Crippen molar-refractivity contribution in [1.29, 1.82) is 0 Å². The molecule has 32 heavy (non-hydrogen) atoms. The van der Waals surface area contributed by atoms with Gasteiger partial charge in [0.05, 0.1) is 6.61 Å². The van der Waals surface area contributed by atoms with Crippen LogP contribution in [0.1, 0.15) is 12.6 Å². The van der Waals surface area contributed by atoms with Crippen molar-refractivity contribution < 1.29 is 33.9 Å². The van der Waals surface area contributed by atoms with Crippen LogP contribution < -0.4 is 10.6 Å². The number of thioether (sulfide) groups is 1. The molecule has 0 spiro atoms. The standard InChI is InChI=1S/C17H18ClN5O7S2/c1-6(24)19-13-9(21-17(18)32-13)8(22-30-3)12(25)20-10-14(26)23-11(16(27)28)7(4-29-2)5-31-15(10)23/h10,15H,4-5H2,1-3H3,(H,19,24)(H,20,25)(H,27,28)/t10?,15-/m1/s1. The molecule has 3 N–H and O–H groups in total. The molecule has 172 valence electrons. The maximum absolute atomic E-state index is 12.9. The first-order valence-electron chi connectivity index (χ1n) is 8.94. The summed E-state index contributed by atoms with van der Waals surface area (Å²) in [4.78, 5) is 58.7. The third kappa shape index (κ3) is 4.57. The summed E-state index contributed by atoms with van der Waals surface area (Å²) < 4.78 is 5.08. The Morgan fingerprint density at radius 2 is 2.09 bits per heavy atom. The number of methoxy groups -OCH3 is 1. The normalized spacial score (nSPS) is 20.4. The maximum atomic E-state index is 12.9. The monoisotopic (exact) mass is 503 g/mol. The maximum Gasteiger partial charge on any atom is 0.352 e. The molecule has 15 heteroatoms. The van der Waals surface area contributed by atoms with E-state index in [1.165, 1.54) is 32.9 Å². The Bertz CT molecular complexity index is 1040. The lowest BCUT2D eigenvalue weighted by atomic mass is 10.0. The van der Waals surface area contributed by atoms with Crippen LogP contribution in [0.2, 0.25) is 4.47 Å². The Kier molecular flexibility index (Phi) is 7.38. The molecule has 1 saturated heterocycles. The van der Waals surface area contributed by atoms with Crippen LogP contribution >= 0.6 is 34.7 Å². The molecule has 2 aliphatic rings. The average Bonchev–Trinajstić information content (AvgIpc) is 3.08. The third-order valence-electron chi connectivity index (χ3n) is 4.37. The van der Waals surface area contributed by atoms with Crippen LogP contribution in [0, 0.1) is 0 Å². The second kappa shape index (κ2) is 9.85. The van der Waals surface area contributed by atoms with Crippen molar-refractivity contribution >= 4 is 69.1 Å². The van der Waals surface area contributed by atoms with E-state index >= 15 is 0 Å². The molecular formula is C17H18ClN5O7S2. The lowest BCUT2D eigenvalue weighted by Crippen LogP contribution is -2.71. The highest BCUT2D eigenvalue weighted by Gasteiger charge is 2.54. The number of oxime groups is 1. The van der Waals surface area contributed by atoms with Crippen molar-refractivity contribution in [2.45, 2.75) is 18.3 Å². The SMILES string of the molecule is COCC1=C(C(=O)O)N2C(=O)C(NC(=O)C(=NOC)c3nc(Cl)sc3NC(C)=O)[C@H]2SC1. The molecule has 0 saturated carbocycles. The zero-order chi connectivity index (χ0) is 23.6. The number of hydrogen-bond donors (Lipinski definition) is 3. The van der Waals surface area contributed by atoms with E-state index in [1.807, 2.05) is 0 Å². The quantitative estimate of drug-likeness (QED) is 0.260.